The van der Waals surface area contributed by atoms with Crippen molar-refractivity contribution in [2.75, 3.05) is 11.4 Å². The lowest BCUT2D eigenvalue weighted by Crippen LogP contribution is -2.39. The fraction of sp³-hybridized carbons (Fsp3) is 0.333. The van der Waals surface area contributed by atoms with Crippen molar-refractivity contribution >= 4 is 17.4 Å². The first-order valence-electron chi connectivity index (χ1n) is 10.7. The Kier molecular flexibility index (Phi) is 5.51. The van der Waals surface area contributed by atoms with E-state index in [0.29, 0.717) is 28.9 Å². The number of hydrogen-bond donors (Lipinski definition) is 0. The molecule has 32 heavy (non-hydrogen) atoms. The molecule has 0 radical (unpaired) electrons. The van der Waals surface area contributed by atoms with Gasteiger partial charge in [0.15, 0.2) is 11.6 Å². The summed E-state index contributed by atoms with van der Waals surface area (Å²) in [5.41, 5.74) is 1.15. The molecule has 1 saturated carbocycles. The summed E-state index contributed by atoms with van der Waals surface area (Å²) >= 11 is 6.02. The smallest absolute Gasteiger partial charge is 0.352 e. The van der Waals surface area contributed by atoms with Crippen LogP contribution in [0.5, 0.6) is 17.4 Å². The number of aryl methyl sites for hydroxylation is 1. The van der Waals surface area contributed by atoms with Crippen LogP contribution in [0.4, 0.5) is 10.2 Å². The van der Waals surface area contributed by atoms with Gasteiger partial charge < -0.3 is 14.4 Å². The molecule has 166 valence electrons. The van der Waals surface area contributed by atoms with Crippen LogP contribution in [0.15, 0.2) is 47.3 Å². The number of rotatable bonds is 6. The van der Waals surface area contributed by atoms with E-state index >= 15 is 0 Å². The molecule has 0 saturated heterocycles. The second-order valence-electron chi connectivity index (χ2n) is 8.23. The fourth-order valence-corrected chi connectivity index (χ4v) is 4.06. The van der Waals surface area contributed by atoms with Crippen molar-refractivity contribution in [2.45, 2.75) is 45.4 Å². The van der Waals surface area contributed by atoms with Crippen molar-refractivity contribution in [1.82, 2.24) is 9.55 Å². The van der Waals surface area contributed by atoms with E-state index in [1.54, 1.807) is 34.9 Å². The summed E-state index contributed by atoms with van der Waals surface area (Å²) in [5, 5.41) is 0.626. The second kappa shape index (κ2) is 8.47. The molecule has 0 N–H and O–H groups in total. The highest BCUT2D eigenvalue weighted by atomic mass is 35.5. The third-order valence-electron chi connectivity index (χ3n) is 5.77. The van der Waals surface area contributed by atoms with Gasteiger partial charge in [-0.25, -0.2) is 9.18 Å². The fourth-order valence-electron chi connectivity index (χ4n) is 3.95. The van der Waals surface area contributed by atoms with Crippen molar-refractivity contribution in [3.8, 4) is 17.4 Å². The third kappa shape index (κ3) is 4.30. The van der Waals surface area contributed by atoms with Gasteiger partial charge in [-0.2, -0.15) is 4.98 Å². The molecule has 1 aromatic heterocycles. The van der Waals surface area contributed by atoms with Gasteiger partial charge in [-0.05, 0) is 67.6 Å². The molecule has 1 aliphatic heterocycles. The van der Waals surface area contributed by atoms with E-state index in [0.717, 1.165) is 37.2 Å². The van der Waals surface area contributed by atoms with Gasteiger partial charge in [0.1, 0.15) is 18.2 Å². The average Bonchev–Trinajstić information content (AvgIpc) is 3.61. The molecule has 1 aliphatic carbocycles. The highest BCUT2D eigenvalue weighted by Crippen LogP contribution is 2.34. The van der Waals surface area contributed by atoms with Crippen LogP contribution < -0.4 is 20.1 Å². The molecular weight excluding hydrogens is 433 g/mol. The summed E-state index contributed by atoms with van der Waals surface area (Å²) in [4.78, 5) is 18.8. The Morgan fingerprint density at radius 1 is 1.16 bits per heavy atom. The quantitative estimate of drug-likeness (QED) is 0.518. The molecule has 0 bridgehead atoms. The number of aromatic nitrogens is 2. The Morgan fingerprint density at radius 3 is 2.75 bits per heavy atom. The summed E-state index contributed by atoms with van der Waals surface area (Å²) in [5.74, 6) is 1.24. The minimum absolute atomic E-state index is 0.0938. The van der Waals surface area contributed by atoms with Crippen molar-refractivity contribution < 1.29 is 13.9 Å². The maximum Gasteiger partial charge on any atom is 0.352 e. The lowest BCUT2D eigenvalue weighted by molar-refractivity contribution is 0.289. The van der Waals surface area contributed by atoms with Gasteiger partial charge in [-0.1, -0.05) is 17.7 Å². The zero-order chi connectivity index (χ0) is 22.2. The first-order valence-corrected chi connectivity index (χ1v) is 11.1. The van der Waals surface area contributed by atoms with Crippen LogP contribution in [-0.2, 0) is 13.2 Å². The normalized spacial score (nSPS) is 15.4. The van der Waals surface area contributed by atoms with Crippen molar-refractivity contribution in [2.24, 2.45) is 0 Å². The second-order valence-corrected chi connectivity index (χ2v) is 8.64. The van der Waals surface area contributed by atoms with E-state index in [9.17, 15) is 9.18 Å². The van der Waals surface area contributed by atoms with E-state index in [2.05, 4.69) is 9.88 Å². The van der Waals surface area contributed by atoms with E-state index < -0.39 is 5.82 Å². The summed E-state index contributed by atoms with van der Waals surface area (Å²) in [6, 6.07) is 12.1. The van der Waals surface area contributed by atoms with Crippen LogP contribution in [0.2, 0.25) is 5.02 Å². The molecule has 0 atom stereocenters. The minimum Gasteiger partial charge on any atom is -0.473 e. The maximum atomic E-state index is 14.6. The first kappa shape index (κ1) is 20.8. The molecule has 0 spiro atoms. The van der Waals surface area contributed by atoms with E-state index in [4.69, 9.17) is 21.1 Å². The minimum atomic E-state index is -0.503. The predicted molar refractivity (Wildman–Crippen MR) is 120 cm³/mol. The molecule has 2 aromatic carbocycles. The third-order valence-corrected chi connectivity index (χ3v) is 6.19. The van der Waals surface area contributed by atoms with Gasteiger partial charge in [-0.3, -0.25) is 4.57 Å². The van der Waals surface area contributed by atoms with Crippen LogP contribution in [0.25, 0.3) is 0 Å². The lowest BCUT2D eigenvalue weighted by atomic mass is 10.2. The topological polar surface area (TPSA) is 56.6 Å². The zero-order valence-corrected chi connectivity index (χ0v) is 18.4. The highest BCUT2D eigenvalue weighted by molar-refractivity contribution is 6.31. The van der Waals surface area contributed by atoms with Gasteiger partial charge >= 0.3 is 5.69 Å². The Labute approximate surface area is 190 Å². The summed E-state index contributed by atoms with van der Waals surface area (Å²) in [6.07, 6.45) is 3.24. The number of ether oxygens (including phenoxy) is 2. The van der Waals surface area contributed by atoms with E-state index in [1.807, 2.05) is 13.0 Å². The van der Waals surface area contributed by atoms with Crippen molar-refractivity contribution in [3.05, 3.63) is 74.9 Å². The summed E-state index contributed by atoms with van der Waals surface area (Å²) < 4.78 is 27.7. The molecular formula is C24H23ClFN3O3. The van der Waals surface area contributed by atoms with Gasteiger partial charge in [0.2, 0.25) is 5.88 Å². The molecule has 3 aromatic rings. The largest absolute Gasteiger partial charge is 0.473 e. The van der Waals surface area contributed by atoms with E-state index in [1.165, 1.54) is 6.07 Å². The number of fused-ring (bicyclic) bond motifs is 1. The van der Waals surface area contributed by atoms with Crippen LogP contribution in [-0.4, -0.2) is 22.1 Å². The molecule has 2 heterocycles. The van der Waals surface area contributed by atoms with Gasteiger partial charge in [-0.15, -0.1) is 0 Å². The number of nitrogens with zero attached hydrogens (tertiary/aromatic N) is 3. The van der Waals surface area contributed by atoms with Crippen LogP contribution >= 0.6 is 11.6 Å². The Balaban J connectivity index is 1.29. The first-order chi connectivity index (χ1) is 15.5. The van der Waals surface area contributed by atoms with E-state index in [-0.39, 0.29) is 23.9 Å². The molecule has 0 unspecified atom stereocenters. The van der Waals surface area contributed by atoms with Crippen LogP contribution in [0.1, 0.15) is 30.4 Å². The zero-order valence-electron chi connectivity index (χ0n) is 17.7. The summed E-state index contributed by atoms with van der Waals surface area (Å²) in [7, 11) is 0. The van der Waals surface area contributed by atoms with Gasteiger partial charge in [0, 0.05) is 30.2 Å². The highest BCUT2D eigenvalue weighted by Gasteiger charge is 2.33. The summed E-state index contributed by atoms with van der Waals surface area (Å²) in [6.45, 7) is 3.56. The van der Waals surface area contributed by atoms with Crippen LogP contribution in [0.3, 0.4) is 0 Å². The van der Waals surface area contributed by atoms with Crippen molar-refractivity contribution in [3.63, 3.8) is 0 Å². The Bertz CT molecular complexity index is 1230. The Hall–Kier alpha value is -3.06. The van der Waals surface area contributed by atoms with Gasteiger partial charge in [0.25, 0.3) is 0 Å². The lowest BCUT2D eigenvalue weighted by Gasteiger charge is -2.31. The SMILES string of the molecule is Cc1cc(Oc2ccc(COc3cc4n(c(=O)n3)CCCN4C3CC3)cc2F)ccc1Cl. The maximum absolute atomic E-state index is 14.6. The monoisotopic (exact) mass is 455 g/mol. The predicted octanol–water partition coefficient (Wildman–Crippen LogP) is 5.09. The van der Waals surface area contributed by atoms with Crippen molar-refractivity contribution in [1.29, 1.82) is 0 Å². The van der Waals surface area contributed by atoms with Crippen LogP contribution in [0, 0.1) is 12.7 Å². The molecule has 1 fully saturated rings. The molecule has 8 heteroatoms. The van der Waals surface area contributed by atoms with Gasteiger partial charge in [0.05, 0.1) is 0 Å². The Morgan fingerprint density at radius 2 is 2.00 bits per heavy atom. The molecule has 6 nitrogen and oxygen atoms in total. The molecule has 5 rings (SSSR count). The number of hydrogen-bond acceptors (Lipinski definition) is 5. The average molecular weight is 456 g/mol. The molecule has 2 aliphatic rings. The number of halogens is 2. The molecule has 0 amide bonds. The standard InChI is InChI=1S/C24H23ClFN3O3/c1-15-11-18(6-7-19(15)25)32-21-8-3-16(12-20(21)26)14-31-22-13-23-28(17-4-5-17)9-2-10-29(23)24(30)27-22/h3,6-8,11-13,17H,2,4-5,9-10,14H2,1H3. The number of benzene rings is 2. The number of anilines is 1.